The van der Waals surface area contributed by atoms with Gasteiger partial charge in [-0.15, -0.1) is 0 Å². The van der Waals surface area contributed by atoms with Crippen molar-refractivity contribution in [1.82, 2.24) is 0 Å². The molecule has 0 fully saturated rings. The molecule has 0 saturated heterocycles. The Morgan fingerprint density at radius 1 is 0.320 bits per heavy atom. The van der Waals surface area contributed by atoms with E-state index in [2.05, 4.69) is 103 Å². The number of para-hydroxylation sites is 2. The SMILES string of the molecule is O=P(c1ccc2oc3ccccc3c2c1)(c1ccc2oc3ccccc3c2c1)c1cc2c3ccccc3c3ccccc3c2c2ccccc12. The maximum Gasteiger partial charge on any atom is 0.171 e. The lowest BCUT2D eigenvalue weighted by atomic mass is 9.91. The van der Waals surface area contributed by atoms with Crippen molar-refractivity contribution in [3.05, 3.63) is 164 Å². The summed E-state index contributed by atoms with van der Waals surface area (Å²) in [5.74, 6) is 0. The first-order valence-corrected chi connectivity index (χ1v) is 18.6. The third kappa shape index (κ3) is 3.73. The first kappa shape index (κ1) is 27.8. The van der Waals surface area contributed by atoms with Crippen LogP contribution in [-0.2, 0) is 4.57 Å². The Morgan fingerprint density at radius 2 is 0.700 bits per heavy atom. The summed E-state index contributed by atoms with van der Waals surface area (Å²) >= 11 is 0. The van der Waals surface area contributed by atoms with Gasteiger partial charge < -0.3 is 13.4 Å². The van der Waals surface area contributed by atoms with E-state index in [4.69, 9.17) is 8.83 Å². The lowest BCUT2D eigenvalue weighted by Gasteiger charge is -2.24. The largest absolute Gasteiger partial charge is 0.456 e. The molecule has 2 heterocycles. The quantitative estimate of drug-likeness (QED) is 0.140. The summed E-state index contributed by atoms with van der Waals surface area (Å²) in [4.78, 5) is 0. The van der Waals surface area contributed by atoms with Crippen molar-refractivity contribution < 1.29 is 13.4 Å². The van der Waals surface area contributed by atoms with Gasteiger partial charge in [0.15, 0.2) is 7.14 Å². The molecule has 9 aromatic carbocycles. The fourth-order valence-electron chi connectivity index (χ4n) is 8.26. The molecule has 0 aliphatic heterocycles. The van der Waals surface area contributed by atoms with Gasteiger partial charge in [-0.2, -0.15) is 0 Å². The summed E-state index contributed by atoms with van der Waals surface area (Å²) < 4.78 is 29.3. The van der Waals surface area contributed by atoms with Crippen LogP contribution in [0.15, 0.2) is 173 Å². The van der Waals surface area contributed by atoms with Gasteiger partial charge in [0.2, 0.25) is 0 Å². The van der Waals surface area contributed by atoms with Gasteiger partial charge in [-0.05, 0) is 97.7 Å². The minimum atomic E-state index is -3.56. The van der Waals surface area contributed by atoms with E-state index < -0.39 is 7.14 Å². The molecule has 4 heteroatoms. The predicted octanol–water partition coefficient (Wildman–Crippen LogP) is 11.7. The molecular formula is C46H27O3P. The average Bonchev–Trinajstić information content (AvgIpc) is 3.75. The fraction of sp³-hybridized carbons (Fsp3) is 0. The number of hydrogen-bond acceptors (Lipinski definition) is 3. The Morgan fingerprint density at radius 3 is 1.24 bits per heavy atom. The van der Waals surface area contributed by atoms with Gasteiger partial charge in [-0.25, -0.2) is 0 Å². The summed E-state index contributed by atoms with van der Waals surface area (Å²) in [6.07, 6.45) is 0. The molecule has 0 saturated carbocycles. The number of rotatable bonds is 3. The molecule has 0 unspecified atom stereocenters. The van der Waals surface area contributed by atoms with Crippen molar-refractivity contribution in [1.29, 1.82) is 0 Å². The lowest BCUT2D eigenvalue weighted by molar-refractivity contribution is 0.592. The monoisotopic (exact) mass is 658 g/mol. The molecule has 2 aromatic heterocycles. The second kappa shape index (κ2) is 10.2. The molecule has 0 N–H and O–H groups in total. The van der Waals surface area contributed by atoms with Gasteiger partial charge in [-0.1, -0.05) is 109 Å². The standard InChI is InChI=1S/C46H27O3P/c47-50(28-21-23-43-38(25-28)33-14-7-9-19-41(33)48-43,29-22-24-44-39(26-29)34-15-8-10-20-42(34)49-44)45-27-40-32-13-2-1-11-30(32)31-12-3-5-17-36(31)46(40)37-18-6-4-16-35(37)45/h1-27H. The first-order chi connectivity index (χ1) is 24.7. The summed E-state index contributed by atoms with van der Waals surface area (Å²) in [6.45, 7) is 0. The molecule has 0 amide bonds. The van der Waals surface area contributed by atoms with Crippen LogP contribution < -0.4 is 15.9 Å². The summed E-state index contributed by atoms with van der Waals surface area (Å²) in [5.41, 5.74) is 3.18. The second-order valence-corrected chi connectivity index (χ2v) is 15.9. The Labute approximate surface area is 286 Å². The van der Waals surface area contributed by atoms with Gasteiger partial charge in [0.1, 0.15) is 22.3 Å². The number of benzene rings is 9. The van der Waals surface area contributed by atoms with Gasteiger partial charge in [0, 0.05) is 37.5 Å². The molecule has 234 valence electrons. The van der Waals surface area contributed by atoms with Crippen LogP contribution in [0.3, 0.4) is 0 Å². The van der Waals surface area contributed by atoms with Crippen LogP contribution in [0.25, 0.3) is 87.0 Å². The van der Waals surface area contributed by atoms with E-state index in [1.807, 2.05) is 60.7 Å². The molecule has 11 rings (SSSR count). The highest BCUT2D eigenvalue weighted by atomic mass is 31.2. The van der Waals surface area contributed by atoms with Gasteiger partial charge in [0.25, 0.3) is 0 Å². The first-order valence-electron chi connectivity index (χ1n) is 16.9. The Kier molecular flexibility index (Phi) is 5.65. The van der Waals surface area contributed by atoms with E-state index in [0.717, 1.165) is 81.3 Å². The highest BCUT2D eigenvalue weighted by Gasteiger charge is 2.34. The van der Waals surface area contributed by atoms with E-state index >= 15 is 4.57 Å². The zero-order valence-electron chi connectivity index (χ0n) is 26.8. The molecule has 0 bridgehead atoms. The number of furan rings is 2. The van der Waals surface area contributed by atoms with Crippen molar-refractivity contribution in [3.63, 3.8) is 0 Å². The Hall–Kier alpha value is -6.15. The van der Waals surface area contributed by atoms with Crippen LogP contribution in [0.4, 0.5) is 0 Å². The van der Waals surface area contributed by atoms with Crippen LogP contribution in [-0.4, -0.2) is 0 Å². The van der Waals surface area contributed by atoms with Crippen molar-refractivity contribution in [3.8, 4) is 0 Å². The maximum absolute atomic E-state index is 16.8. The van der Waals surface area contributed by atoms with Crippen LogP contribution in [0, 0.1) is 0 Å². The van der Waals surface area contributed by atoms with Crippen LogP contribution in [0.5, 0.6) is 0 Å². The van der Waals surface area contributed by atoms with E-state index in [1.165, 1.54) is 21.5 Å². The Bertz CT molecular complexity index is 3140. The molecule has 0 aliphatic carbocycles. The molecule has 11 aromatic rings. The number of hydrogen-bond donors (Lipinski definition) is 0. The van der Waals surface area contributed by atoms with E-state index in [9.17, 15) is 0 Å². The third-order valence-electron chi connectivity index (χ3n) is 10.5. The Balaban J connectivity index is 1.32. The second-order valence-electron chi connectivity index (χ2n) is 13.1. The predicted molar refractivity (Wildman–Crippen MR) is 210 cm³/mol. The minimum Gasteiger partial charge on any atom is -0.456 e. The van der Waals surface area contributed by atoms with Crippen molar-refractivity contribution in [2.75, 3.05) is 0 Å². The lowest BCUT2D eigenvalue weighted by Crippen LogP contribution is -2.26. The van der Waals surface area contributed by atoms with Crippen molar-refractivity contribution in [2.24, 2.45) is 0 Å². The molecular weight excluding hydrogens is 631 g/mol. The van der Waals surface area contributed by atoms with Gasteiger partial charge in [-0.3, -0.25) is 0 Å². The average molecular weight is 659 g/mol. The molecule has 50 heavy (non-hydrogen) atoms. The highest BCUT2D eigenvalue weighted by Crippen LogP contribution is 2.49. The van der Waals surface area contributed by atoms with Crippen molar-refractivity contribution in [2.45, 2.75) is 0 Å². The normalized spacial score (nSPS) is 12.5. The van der Waals surface area contributed by atoms with Crippen LogP contribution in [0.2, 0.25) is 0 Å². The highest BCUT2D eigenvalue weighted by molar-refractivity contribution is 7.85. The summed E-state index contributed by atoms with van der Waals surface area (Å²) in [7, 11) is -3.56. The zero-order chi connectivity index (χ0) is 33.0. The van der Waals surface area contributed by atoms with Gasteiger partial charge >= 0.3 is 0 Å². The van der Waals surface area contributed by atoms with E-state index in [-0.39, 0.29) is 0 Å². The smallest absolute Gasteiger partial charge is 0.171 e. The van der Waals surface area contributed by atoms with Crippen molar-refractivity contribution >= 4 is 110 Å². The van der Waals surface area contributed by atoms with E-state index in [0.29, 0.717) is 0 Å². The molecule has 0 aliphatic rings. The fourth-order valence-corrected chi connectivity index (χ4v) is 11.1. The topological polar surface area (TPSA) is 43.4 Å². The number of fused-ring (bicyclic) bond motifs is 14. The maximum atomic E-state index is 16.8. The van der Waals surface area contributed by atoms with Gasteiger partial charge in [0.05, 0.1) is 0 Å². The molecule has 3 nitrogen and oxygen atoms in total. The third-order valence-corrected chi connectivity index (χ3v) is 13.6. The zero-order valence-corrected chi connectivity index (χ0v) is 27.7. The van der Waals surface area contributed by atoms with E-state index in [1.54, 1.807) is 0 Å². The minimum absolute atomic E-state index is 0.762. The van der Waals surface area contributed by atoms with Crippen LogP contribution in [0.1, 0.15) is 0 Å². The summed E-state index contributed by atoms with van der Waals surface area (Å²) in [6, 6.07) is 56.2. The molecule has 0 radical (unpaired) electrons. The molecule has 0 spiro atoms. The van der Waals surface area contributed by atoms with Crippen LogP contribution >= 0.6 is 7.14 Å². The molecule has 0 atom stereocenters. The summed E-state index contributed by atoms with van der Waals surface area (Å²) in [5, 5.41) is 15.3.